The smallest absolute Gasteiger partial charge is 0.264 e. The van der Waals surface area contributed by atoms with E-state index in [9.17, 15) is 21.6 Å². The van der Waals surface area contributed by atoms with Crippen LogP contribution in [0.5, 0.6) is 0 Å². The van der Waals surface area contributed by atoms with Gasteiger partial charge in [0.15, 0.2) is 0 Å². The van der Waals surface area contributed by atoms with Gasteiger partial charge in [-0.3, -0.25) is 13.8 Å². The zero-order valence-corrected chi connectivity index (χ0v) is 23.7. The fourth-order valence-corrected chi connectivity index (χ4v) is 6.05. The first-order chi connectivity index (χ1) is 18.4. The molecule has 0 aliphatic rings. The zero-order chi connectivity index (χ0) is 28.4. The van der Waals surface area contributed by atoms with Crippen molar-refractivity contribution in [3.8, 4) is 0 Å². The summed E-state index contributed by atoms with van der Waals surface area (Å²) in [5, 5.41) is 3.15. The van der Waals surface area contributed by atoms with Gasteiger partial charge in [-0.1, -0.05) is 35.4 Å². The normalized spacial score (nSPS) is 11.6. The molecular weight excluding hydrogens is 558 g/mol. The molecule has 0 atom stereocenters. The second kappa shape index (κ2) is 11.1. The van der Waals surface area contributed by atoms with Crippen LogP contribution in [0, 0.1) is 13.8 Å². The molecule has 0 aliphatic heterocycles. The number of halogens is 1. The Morgan fingerprint density at radius 1 is 0.744 bits per heavy atom. The van der Waals surface area contributed by atoms with Gasteiger partial charge in [0.25, 0.3) is 26.0 Å². The minimum atomic E-state index is -3.86. The maximum atomic E-state index is 12.9. The van der Waals surface area contributed by atoms with Gasteiger partial charge in [-0.15, -0.1) is 0 Å². The molecule has 0 radical (unpaired) electrons. The molecule has 0 spiro atoms. The Bertz CT molecular complexity index is 1720. The molecule has 0 fully saturated rings. The summed E-state index contributed by atoms with van der Waals surface area (Å²) in [6, 6.07) is 23.2. The van der Waals surface area contributed by atoms with E-state index in [0.29, 0.717) is 27.6 Å². The number of carbonyl (C=O) groups excluding carboxylic acids is 1. The summed E-state index contributed by atoms with van der Waals surface area (Å²) in [7, 11) is -6.18. The Morgan fingerprint density at radius 3 is 1.90 bits per heavy atom. The summed E-state index contributed by atoms with van der Waals surface area (Å²) in [6.07, 6.45) is 0. The maximum Gasteiger partial charge on any atom is 0.264 e. The summed E-state index contributed by atoms with van der Waals surface area (Å²) >= 11 is 6.08. The fourth-order valence-electron chi connectivity index (χ4n) is 3.62. The standard InChI is InChI=1S/C28H26ClN3O5S2/c1-19-4-14-26(15-5-19)39(36,37)32(3)24-12-7-21(8-13-24)28(33)30-22-10-16-25(17-11-22)38(34,35)31-23-9-6-20(2)27(29)18-23/h4-18,31H,1-3H3,(H,30,33). The van der Waals surface area contributed by atoms with Crippen LogP contribution in [0.1, 0.15) is 21.5 Å². The van der Waals surface area contributed by atoms with E-state index in [4.69, 9.17) is 11.6 Å². The number of sulfonamides is 2. The molecule has 4 aromatic rings. The molecule has 0 aliphatic carbocycles. The van der Waals surface area contributed by atoms with Crippen molar-refractivity contribution in [2.24, 2.45) is 0 Å². The SMILES string of the molecule is Cc1ccc(S(=O)(=O)N(C)c2ccc(C(=O)Nc3ccc(S(=O)(=O)Nc4ccc(C)c(Cl)c4)cc3)cc2)cc1. The van der Waals surface area contributed by atoms with E-state index >= 15 is 0 Å². The van der Waals surface area contributed by atoms with Crippen molar-refractivity contribution in [2.75, 3.05) is 21.4 Å². The van der Waals surface area contributed by atoms with Crippen LogP contribution in [0.25, 0.3) is 0 Å². The first-order valence-electron chi connectivity index (χ1n) is 11.7. The predicted octanol–water partition coefficient (Wildman–Crippen LogP) is 5.84. The molecule has 2 N–H and O–H groups in total. The number of hydrogen-bond donors (Lipinski definition) is 2. The lowest BCUT2D eigenvalue weighted by molar-refractivity contribution is 0.102. The van der Waals surface area contributed by atoms with Gasteiger partial charge in [-0.2, -0.15) is 0 Å². The third kappa shape index (κ3) is 6.42. The highest BCUT2D eigenvalue weighted by Gasteiger charge is 2.21. The molecule has 202 valence electrons. The molecule has 4 rings (SSSR count). The number of anilines is 3. The van der Waals surface area contributed by atoms with Crippen LogP contribution in [-0.2, 0) is 20.0 Å². The molecular formula is C28H26ClN3O5S2. The van der Waals surface area contributed by atoms with E-state index in [1.807, 2.05) is 13.8 Å². The summed E-state index contributed by atoms with van der Waals surface area (Å²) in [4.78, 5) is 12.9. The lowest BCUT2D eigenvalue weighted by atomic mass is 10.2. The quantitative estimate of drug-likeness (QED) is 0.271. The van der Waals surface area contributed by atoms with Gasteiger partial charge in [-0.05, 0) is 92.2 Å². The number of hydrogen-bond acceptors (Lipinski definition) is 5. The van der Waals surface area contributed by atoms with Crippen LogP contribution >= 0.6 is 11.6 Å². The second-order valence-electron chi connectivity index (χ2n) is 8.88. The molecule has 1 amide bonds. The summed E-state index contributed by atoms with van der Waals surface area (Å²) in [6.45, 7) is 3.69. The number of aryl methyl sites for hydroxylation is 2. The highest BCUT2D eigenvalue weighted by molar-refractivity contribution is 7.93. The monoisotopic (exact) mass is 583 g/mol. The van der Waals surface area contributed by atoms with Crippen molar-refractivity contribution in [3.63, 3.8) is 0 Å². The van der Waals surface area contributed by atoms with E-state index < -0.39 is 26.0 Å². The fraction of sp³-hybridized carbons (Fsp3) is 0.107. The molecule has 0 aromatic heterocycles. The van der Waals surface area contributed by atoms with Crippen molar-refractivity contribution in [2.45, 2.75) is 23.6 Å². The van der Waals surface area contributed by atoms with Crippen LogP contribution in [0.3, 0.4) is 0 Å². The van der Waals surface area contributed by atoms with Gasteiger partial charge in [0.05, 0.1) is 21.2 Å². The molecule has 11 heteroatoms. The van der Waals surface area contributed by atoms with Crippen molar-refractivity contribution in [3.05, 3.63) is 113 Å². The minimum Gasteiger partial charge on any atom is -0.322 e. The van der Waals surface area contributed by atoms with Crippen LogP contribution in [0.15, 0.2) is 101 Å². The van der Waals surface area contributed by atoms with E-state index in [1.54, 1.807) is 48.5 Å². The van der Waals surface area contributed by atoms with Crippen molar-refractivity contribution in [1.82, 2.24) is 0 Å². The van der Waals surface area contributed by atoms with Gasteiger partial charge in [0.2, 0.25) is 0 Å². The topological polar surface area (TPSA) is 113 Å². The van der Waals surface area contributed by atoms with Gasteiger partial charge >= 0.3 is 0 Å². The van der Waals surface area contributed by atoms with Crippen LogP contribution in [-0.4, -0.2) is 29.8 Å². The van der Waals surface area contributed by atoms with E-state index in [0.717, 1.165) is 15.4 Å². The summed E-state index contributed by atoms with van der Waals surface area (Å²) < 4.78 is 54.9. The molecule has 0 heterocycles. The highest BCUT2D eigenvalue weighted by Crippen LogP contribution is 2.25. The predicted molar refractivity (Wildman–Crippen MR) is 155 cm³/mol. The minimum absolute atomic E-state index is 0.0133. The van der Waals surface area contributed by atoms with Crippen molar-refractivity contribution < 1.29 is 21.6 Å². The van der Waals surface area contributed by atoms with Gasteiger partial charge in [0, 0.05) is 23.3 Å². The lowest BCUT2D eigenvalue weighted by Crippen LogP contribution is -2.26. The Morgan fingerprint density at radius 2 is 1.31 bits per heavy atom. The van der Waals surface area contributed by atoms with Crippen LogP contribution < -0.4 is 14.3 Å². The Balaban J connectivity index is 1.42. The summed E-state index contributed by atoms with van der Waals surface area (Å²) in [5.74, 6) is -0.436. The number of benzene rings is 4. The molecule has 0 unspecified atom stereocenters. The third-order valence-corrected chi connectivity index (χ3v) is 9.62. The van der Waals surface area contributed by atoms with Gasteiger partial charge < -0.3 is 5.32 Å². The number of nitrogens with zero attached hydrogens (tertiary/aromatic N) is 1. The lowest BCUT2D eigenvalue weighted by Gasteiger charge is -2.20. The van der Waals surface area contributed by atoms with Crippen LogP contribution in [0.2, 0.25) is 5.02 Å². The molecule has 0 saturated carbocycles. The Labute approximate surface area is 233 Å². The second-order valence-corrected chi connectivity index (χ2v) is 12.9. The summed E-state index contributed by atoms with van der Waals surface area (Å²) in [5.41, 5.74) is 3.20. The van der Waals surface area contributed by atoms with Gasteiger partial charge in [-0.25, -0.2) is 16.8 Å². The molecule has 0 bridgehead atoms. The largest absolute Gasteiger partial charge is 0.322 e. The van der Waals surface area contributed by atoms with Gasteiger partial charge in [0.1, 0.15) is 0 Å². The Hall–Kier alpha value is -3.86. The molecule has 4 aromatic carbocycles. The van der Waals surface area contributed by atoms with E-state index in [-0.39, 0.29) is 9.79 Å². The van der Waals surface area contributed by atoms with Crippen molar-refractivity contribution >= 4 is 54.6 Å². The number of amides is 1. The number of rotatable bonds is 8. The number of carbonyl (C=O) groups is 1. The zero-order valence-electron chi connectivity index (χ0n) is 21.3. The molecule has 39 heavy (non-hydrogen) atoms. The molecule has 0 saturated heterocycles. The highest BCUT2D eigenvalue weighted by atomic mass is 35.5. The molecule has 8 nitrogen and oxygen atoms in total. The average molecular weight is 584 g/mol. The van der Waals surface area contributed by atoms with E-state index in [2.05, 4.69) is 10.0 Å². The first kappa shape index (κ1) is 28.2. The Kier molecular flexibility index (Phi) is 8.01. The average Bonchev–Trinajstić information content (AvgIpc) is 2.91. The van der Waals surface area contributed by atoms with Crippen molar-refractivity contribution in [1.29, 1.82) is 0 Å². The third-order valence-electron chi connectivity index (χ3n) is 6.02. The van der Waals surface area contributed by atoms with Crippen LogP contribution in [0.4, 0.5) is 17.1 Å². The maximum absolute atomic E-state index is 12.9. The number of nitrogens with one attached hydrogen (secondary N) is 2. The first-order valence-corrected chi connectivity index (χ1v) is 15.0. The van der Waals surface area contributed by atoms with E-state index in [1.165, 1.54) is 49.5 Å².